The maximum atomic E-state index is 15.2. The Bertz CT molecular complexity index is 6020. The van der Waals surface area contributed by atoms with E-state index in [0.717, 1.165) is 101 Å². The summed E-state index contributed by atoms with van der Waals surface area (Å²) in [5.41, 5.74) is 5.24. The van der Waals surface area contributed by atoms with Gasteiger partial charge in [-0.2, -0.15) is 0 Å². The number of likely N-dealkylation sites (tertiary alicyclic amines) is 2. The molecule has 1 spiro atoms. The summed E-state index contributed by atoms with van der Waals surface area (Å²) in [6.45, 7) is 11.2. The van der Waals surface area contributed by atoms with Crippen molar-refractivity contribution in [3.63, 3.8) is 0 Å². The van der Waals surface area contributed by atoms with Crippen LogP contribution in [0.25, 0.3) is 22.3 Å². The van der Waals surface area contributed by atoms with Gasteiger partial charge in [-0.25, -0.2) is 33.3 Å². The number of urea groups is 2. The molecule has 7 aromatic heterocycles. The Morgan fingerprint density at radius 2 is 1.09 bits per heavy atom. The van der Waals surface area contributed by atoms with Crippen LogP contribution < -0.4 is 50.9 Å². The van der Waals surface area contributed by atoms with Gasteiger partial charge in [-0.05, 0) is 167 Å². The van der Waals surface area contributed by atoms with Gasteiger partial charge in [0.05, 0.1) is 91.0 Å². The van der Waals surface area contributed by atoms with E-state index in [1.807, 2.05) is 114 Å². The highest BCUT2D eigenvalue weighted by Gasteiger charge is 2.53. The topological polar surface area (TPSA) is 322 Å². The number of para-hydroxylation sites is 3. The molecule has 11 heterocycles. The highest BCUT2D eigenvalue weighted by atomic mass is 19.1. The lowest BCUT2D eigenvalue weighted by molar-refractivity contribution is -0.120. The Kier molecular flexibility index (Phi) is 26.2. The number of pyridine rings is 5. The second-order valence-electron chi connectivity index (χ2n) is 30.1. The molecule has 1 aliphatic carbocycles. The summed E-state index contributed by atoms with van der Waals surface area (Å²) in [6.07, 6.45) is 16.3. The van der Waals surface area contributed by atoms with E-state index in [9.17, 15) is 38.4 Å². The lowest BCUT2D eigenvalue weighted by Crippen LogP contribution is -2.46. The van der Waals surface area contributed by atoms with E-state index in [1.165, 1.54) is 23.0 Å². The predicted octanol–water partition coefficient (Wildman–Crippen LogP) is 15.6. The van der Waals surface area contributed by atoms with Crippen LogP contribution in [0.5, 0.6) is 40.2 Å². The minimum atomic E-state index is -0.681. The Hall–Kier alpha value is -14.3. The number of hydrogen-bond donors (Lipinski definition) is 3. The summed E-state index contributed by atoms with van der Waals surface area (Å²) >= 11 is 0. The zero-order chi connectivity index (χ0) is 85.5. The molecule has 2 saturated heterocycles. The smallest absolute Gasteiger partial charge is 0.323 e. The quantitative estimate of drug-likeness (QED) is 0.0272. The molecule has 6 amide bonds. The minimum Gasteiger partial charge on any atom is -0.491 e. The van der Waals surface area contributed by atoms with Gasteiger partial charge in [0.25, 0.3) is 22.9 Å². The Morgan fingerprint density at radius 1 is 0.528 bits per heavy atom. The number of ketones is 2. The molecule has 17 rings (SSSR count). The third-order valence-corrected chi connectivity index (χ3v) is 22.0. The second-order valence-corrected chi connectivity index (χ2v) is 30.1. The number of anilines is 4. The SMILES string of the molecule is CC1=C(C(=O)Cc2ccc(Oc3ccnc(NC(=O)N4CCCC4)c3)cn2)C(=O)N(c2ccccc2)C12CCCC2.CCCn1c(C)c(C(=O)Nc2ccc(Oc3ccnc4cc(OCCOC)ccc34)c(F)c2)c(=O)n1-c1ccccc1.O=C(Cc1ccc(Oc2ccnc(NC(=O)N3CCCC3)c2)cn1)c1c2n(n(-c3ccccc3)c1=O)CCOC2. The molecule has 1 saturated carbocycles. The molecule has 30 heteroatoms. The largest absolute Gasteiger partial charge is 0.491 e. The number of methoxy groups -OCH3 is 1. The fraction of sp³-hybridized carbons (Fsp3) is 0.280. The van der Waals surface area contributed by atoms with E-state index in [-0.39, 0.29) is 82.7 Å². The zero-order valence-corrected chi connectivity index (χ0v) is 68.5. The van der Waals surface area contributed by atoms with Crippen molar-refractivity contribution in [1.29, 1.82) is 0 Å². The summed E-state index contributed by atoms with van der Waals surface area (Å²) in [7, 11) is 1.60. The lowest BCUT2D eigenvalue weighted by atomic mass is 9.87. The number of carbonyl (C=O) groups excluding carboxylic acids is 6. The summed E-state index contributed by atoms with van der Waals surface area (Å²) in [4.78, 5) is 132. The average molecular weight is 1660 g/mol. The van der Waals surface area contributed by atoms with Crippen molar-refractivity contribution in [2.45, 2.75) is 117 Å². The number of amides is 6. The molecule has 5 aliphatic rings. The lowest BCUT2D eigenvalue weighted by Gasteiger charge is -2.37. The normalized spacial score (nSPS) is 14.5. The molecule has 3 N–H and O–H groups in total. The Morgan fingerprint density at radius 3 is 1.66 bits per heavy atom. The van der Waals surface area contributed by atoms with Gasteiger partial charge < -0.3 is 43.5 Å². The van der Waals surface area contributed by atoms with Gasteiger partial charge in [0.2, 0.25) is 0 Å². The van der Waals surface area contributed by atoms with E-state index in [4.69, 9.17) is 28.4 Å². The zero-order valence-electron chi connectivity index (χ0n) is 68.5. The Balaban J connectivity index is 0.000000143. The van der Waals surface area contributed by atoms with Crippen molar-refractivity contribution in [2.75, 3.05) is 74.0 Å². The average Bonchev–Trinajstić information content (AvgIpc) is 1.57. The molecule has 0 bridgehead atoms. The van der Waals surface area contributed by atoms with Crippen LogP contribution in [0.2, 0.25) is 0 Å². The summed E-state index contributed by atoms with van der Waals surface area (Å²) < 4.78 is 55.8. The van der Waals surface area contributed by atoms with E-state index in [1.54, 1.807) is 131 Å². The maximum Gasteiger partial charge on any atom is 0.323 e. The number of nitrogens with zero attached hydrogens (tertiary/aromatic N) is 12. The Labute approximate surface area is 707 Å². The van der Waals surface area contributed by atoms with Gasteiger partial charge in [0.15, 0.2) is 23.1 Å². The number of fused-ring (bicyclic) bond motifs is 2. The molecule has 29 nitrogen and oxygen atoms in total. The molecular formula is C93H92FN15O14. The van der Waals surface area contributed by atoms with Crippen molar-refractivity contribution < 1.29 is 61.6 Å². The number of rotatable bonds is 25. The monoisotopic (exact) mass is 1660 g/mol. The van der Waals surface area contributed by atoms with E-state index < -0.39 is 22.8 Å². The van der Waals surface area contributed by atoms with Gasteiger partial charge >= 0.3 is 12.1 Å². The van der Waals surface area contributed by atoms with Crippen LogP contribution in [0.3, 0.4) is 0 Å². The standard InChI is InChI=1S/C32H31FN4O5.C32H33N5O4.C29H28N6O5/c1-4-16-36-21(2)30(32(39)37(36)23-8-6-5-7-9-23)31(38)35-22-10-13-29(26(33)19-22)42-28-14-15-34-27-20-24(11-12-25(27)28)41-18-17-40-3;1-22-29(30(39)37(24-9-3-2-4-10-24)32(22)14-5-6-15-32)27(38)19-23-11-12-26(21-34-23)41-25-13-16-33-28(20-25)35-31(40)36-17-7-8-18-36;36-25(27-24-19-39-15-14-34(24)35(28(27)37)21-6-2-1-3-7-21)16-20-8-9-23(18-31-20)40-22-10-11-30-26(17-22)32-29(38)33-12-4-5-13-33/h5-15,19-20H,4,16-18H2,1-3H3,(H,35,38);2-4,9-13,16,20-21H,5-8,14-15,17-19H2,1H3,(H,33,35,40);1-3,6-11,17-18H,4-5,12-16,19H2,(H,30,32,38). The molecule has 4 aliphatic heterocycles. The van der Waals surface area contributed by atoms with Crippen LogP contribution in [0, 0.1) is 12.7 Å². The first-order chi connectivity index (χ1) is 59.9. The van der Waals surface area contributed by atoms with Crippen LogP contribution in [0.4, 0.5) is 37.0 Å². The molecular weight excluding hydrogens is 1570 g/mol. The molecule has 12 aromatic rings. The van der Waals surface area contributed by atoms with Gasteiger partial charge in [-0.3, -0.25) is 68.6 Å². The fourth-order valence-electron chi connectivity index (χ4n) is 16.0. The molecule has 3 fully saturated rings. The van der Waals surface area contributed by atoms with Crippen LogP contribution in [0.15, 0.2) is 234 Å². The molecule has 0 atom stereocenters. The van der Waals surface area contributed by atoms with Gasteiger partial charge in [-0.15, -0.1) is 0 Å². The number of Topliss-reactive ketones (excluding diaryl/α,β-unsaturated/α-hetero) is 2. The van der Waals surface area contributed by atoms with Crippen molar-refractivity contribution in [1.82, 2.24) is 53.4 Å². The van der Waals surface area contributed by atoms with E-state index >= 15 is 4.39 Å². The number of aromatic nitrogens is 9. The van der Waals surface area contributed by atoms with Crippen molar-refractivity contribution in [3.8, 4) is 51.6 Å². The highest BCUT2D eigenvalue weighted by molar-refractivity contribution is 6.28. The summed E-state index contributed by atoms with van der Waals surface area (Å²) in [6, 6.07) is 52.4. The molecule has 0 unspecified atom stereocenters. The number of carbonyl (C=O) groups is 6. The fourth-order valence-corrected chi connectivity index (χ4v) is 16.0. The number of nitrogens with one attached hydrogen (secondary N) is 3. The first-order valence-electron chi connectivity index (χ1n) is 41.0. The highest BCUT2D eigenvalue weighted by Crippen LogP contribution is 2.49. The third kappa shape index (κ3) is 19.0. The summed E-state index contributed by atoms with van der Waals surface area (Å²) in [5, 5.41) is 8.96. The molecule has 5 aromatic carbocycles. The van der Waals surface area contributed by atoms with Crippen LogP contribution in [0.1, 0.15) is 115 Å². The van der Waals surface area contributed by atoms with Gasteiger partial charge in [0, 0.05) is 111 Å². The van der Waals surface area contributed by atoms with Crippen LogP contribution in [-0.4, -0.2) is 148 Å². The third-order valence-electron chi connectivity index (χ3n) is 22.0. The molecule has 630 valence electrons. The van der Waals surface area contributed by atoms with E-state index in [0.29, 0.717) is 124 Å². The predicted molar refractivity (Wildman–Crippen MR) is 460 cm³/mol. The number of hydrogen-bond acceptors (Lipinski definition) is 19. The number of ether oxygens (including phenoxy) is 6. The molecule has 0 radical (unpaired) electrons. The van der Waals surface area contributed by atoms with Crippen LogP contribution >= 0.6 is 0 Å². The van der Waals surface area contributed by atoms with Crippen molar-refractivity contribution in [3.05, 3.63) is 285 Å². The second kappa shape index (κ2) is 38.4. The van der Waals surface area contributed by atoms with E-state index in [2.05, 4.69) is 40.9 Å². The number of halogens is 1. The van der Waals surface area contributed by atoms with Crippen LogP contribution in [-0.2, 0) is 51.6 Å². The molecule has 123 heavy (non-hydrogen) atoms. The van der Waals surface area contributed by atoms with Gasteiger partial charge in [0.1, 0.15) is 63.9 Å². The maximum absolute atomic E-state index is 15.2. The first kappa shape index (κ1) is 83.8. The van der Waals surface area contributed by atoms with Crippen molar-refractivity contribution >= 4 is 69.4 Å². The first-order valence-corrected chi connectivity index (χ1v) is 41.0. The minimum absolute atomic E-state index is 0.00172. The van der Waals surface area contributed by atoms with Gasteiger partial charge in [-0.1, -0.05) is 74.4 Å². The van der Waals surface area contributed by atoms with Crippen molar-refractivity contribution in [2.24, 2.45) is 0 Å². The number of benzene rings is 5. The summed E-state index contributed by atoms with van der Waals surface area (Å²) in [5.74, 6) is 1.69.